The van der Waals surface area contributed by atoms with Crippen molar-refractivity contribution in [2.24, 2.45) is 0 Å². The van der Waals surface area contributed by atoms with Crippen LogP contribution in [0.1, 0.15) is 36.1 Å². The highest BCUT2D eigenvalue weighted by Gasteiger charge is 2.46. The number of hydrogen-bond donors (Lipinski definition) is 1. The van der Waals surface area contributed by atoms with E-state index in [0.29, 0.717) is 43.1 Å². The number of morpholine rings is 1. The van der Waals surface area contributed by atoms with E-state index < -0.39 is 23.5 Å². The molecule has 35 heavy (non-hydrogen) atoms. The third-order valence-electron chi connectivity index (χ3n) is 6.48. The Kier molecular flexibility index (Phi) is 7.83. The molecule has 0 aliphatic carbocycles. The molecule has 2 heterocycles. The van der Waals surface area contributed by atoms with Crippen molar-refractivity contribution in [3.63, 3.8) is 0 Å². The number of nitrogens with zero attached hydrogens (tertiary/aromatic N) is 2. The molecule has 2 saturated heterocycles. The highest BCUT2D eigenvalue weighted by molar-refractivity contribution is 6.46. The van der Waals surface area contributed by atoms with Crippen LogP contribution in [-0.2, 0) is 14.3 Å². The van der Waals surface area contributed by atoms with Crippen molar-refractivity contribution < 1.29 is 28.6 Å². The van der Waals surface area contributed by atoms with Gasteiger partial charge in [0.25, 0.3) is 11.7 Å². The first-order chi connectivity index (χ1) is 16.9. The second-order valence-electron chi connectivity index (χ2n) is 8.73. The summed E-state index contributed by atoms with van der Waals surface area (Å²) in [6.45, 7) is 8.11. The fourth-order valence-corrected chi connectivity index (χ4v) is 4.72. The maximum absolute atomic E-state index is 14.9. The molecule has 4 rings (SSSR count). The predicted octanol–water partition coefficient (Wildman–Crippen LogP) is 3.68. The molecule has 0 spiro atoms. The normalized spacial score (nSPS) is 20.4. The van der Waals surface area contributed by atoms with Gasteiger partial charge in [-0.05, 0) is 50.1 Å². The van der Waals surface area contributed by atoms with Crippen molar-refractivity contribution in [2.45, 2.75) is 26.3 Å². The molecule has 0 radical (unpaired) electrons. The summed E-state index contributed by atoms with van der Waals surface area (Å²) in [6.07, 6.45) is 0.611. The van der Waals surface area contributed by atoms with Gasteiger partial charge in [-0.25, -0.2) is 4.39 Å². The lowest BCUT2D eigenvalue weighted by atomic mass is 9.93. The van der Waals surface area contributed by atoms with Gasteiger partial charge in [-0.15, -0.1) is 0 Å². The van der Waals surface area contributed by atoms with Crippen LogP contribution in [0.25, 0.3) is 5.76 Å². The Morgan fingerprint density at radius 1 is 1.14 bits per heavy atom. The molecule has 0 saturated carbocycles. The van der Waals surface area contributed by atoms with E-state index in [1.165, 1.54) is 11.0 Å². The molecule has 2 aromatic rings. The molecule has 7 nitrogen and oxygen atoms in total. The first kappa shape index (κ1) is 24.9. The molecular weight excluding hydrogens is 451 g/mol. The quantitative estimate of drug-likeness (QED) is 0.351. The number of Topliss-reactive ketones (excluding diaryl/α,β-unsaturated/α-hetero) is 1. The van der Waals surface area contributed by atoms with Gasteiger partial charge in [0.05, 0.1) is 31.4 Å². The van der Waals surface area contributed by atoms with Gasteiger partial charge in [0.2, 0.25) is 0 Å². The smallest absolute Gasteiger partial charge is 0.295 e. The number of benzene rings is 2. The van der Waals surface area contributed by atoms with Crippen LogP contribution in [0.2, 0.25) is 0 Å². The summed E-state index contributed by atoms with van der Waals surface area (Å²) < 4.78 is 25.8. The Bertz CT molecular complexity index is 1130. The number of rotatable bonds is 8. The van der Waals surface area contributed by atoms with E-state index in [1.54, 1.807) is 43.3 Å². The zero-order valence-corrected chi connectivity index (χ0v) is 20.1. The standard InChI is InChI=1S/C27H31FN2O5/c1-3-35-19-9-10-20(18(2)17-19)25(31)23-24(21-7-4-5-8-22(21)28)30(27(33)26(23)32)12-6-11-29-13-15-34-16-14-29/h4-5,7-10,17,24,31H,3,6,11-16H2,1-2H3/t24-/m1/s1. The minimum Gasteiger partial charge on any atom is -0.507 e. The Morgan fingerprint density at radius 3 is 2.57 bits per heavy atom. The second kappa shape index (κ2) is 11.0. The van der Waals surface area contributed by atoms with Gasteiger partial charge < -0.3 is 19.5 Å². The highest BCUT2D eigenvalue weighted by atomic mass is 19.1. The van der Waals surface area contributed by atoms with E-state index in [-0.39, 0.29) is 23.4 Å². The minimum absolute atomic E-state index is 0.0984. The number of carbonyl (C=O) groups is 2. The van der Waals surface area contributed by atoms with E-state index in [4.69, 9.17) is 9.47 Å². The Hall–Kier alpha value is -3.23. The summed E-state index contributed by atoms with van der Waals surface area (Å²) in [5.74, 6) is -1.75. The molecule has 1 atom stereocenters. The van der Waals surface area contributed by atoms with Gasteiger partial charge in [0, 0.05) is 37.3 Å². The van der Waals surface area contributed by atoms with Crippen molar-refractivity contribution in [3.05, 3.63) is 70.5 Å². The SMILES string of the molecule is CCOc1ccc(C(O)=C2C(=O)C(=O)N(CCCN3CCOCC3)[C@@H]2c2ccccc2F)c(C)c1. The summed E-state index contributed by atoms with van der Waals surface area (Å²) in [4.78, 5) is 29.9. The van der Waals surface area contributed by atoms with Gasteiger partial charge >= 0.3 is 0 Å². The number of halogens is 1. The molecule has 8 heteroatoms. The first-order valence-electron chi connectivity index (χ1n) is 12.0. The lowest BCUT2D eigenvalue weighted by molar-refractivity contribution is -0.140. The molecule has 186 valence electrons. The second-order valence-corrected chi connectivity index (χ2v) is 8.73. The van der Waals surface area contributed by atoms with Crippen molar-refractivity contribution in [2.75, 3.05) is 46.0 Å². The minimum atomic E-state index is -1.01. The van der Waals surface area contributed by atoms with Crippen molar-refractivity contribution in [1.29, 1.82) is 0 Å². The monoisotopic (exact) mass is 482 g/mol. The molecule has 2 aromatic carbocycles. The topological polar surface area (TPSA) is 79.3 Å². The third-order valence-corrected chi connectivity index (χ3v) is 6.48. The van der Waals surface area contributed by atoms with E-state index in [1.807, 2.05) is 6.92 Å². The van der Waals surface area contributed by atoms with Crippen LogP contribution in [0.4, 0.5) is 4.39 Å². The maximum atomic E-state index is 14.9. The molecule has 0 bridgehead atoms. The zero-order chi connectivity index (χ0) is 24.9. The van der Waals surface area contributed by atoms with Crippen LogP contribution in [0.3, 0.4) is 0 Å². The van der Waals surface area contributed by atoms with Crippen LogP contribution in [0.15, 0.2) is 48.0 Å². The summed E-state index contributed by atoms with van der Waals surface area (Å²) >= 11 is 0. The summed E-state index contributed by atoms with van der Waals surface area (Å²) in [5.41, 5.74) is 1.17. The van der Waals surface area contributed by atoms with E-state index in [9.17, 15) is 19.1 Å². The third kappa shape index (κ3) is 5.23. The first-order valence-corrected chi connectivity index (χ1v) is 12.0. The molecule has 0 unspecified atom stereocenters. The number of aliphatic hydroxyl groups excluding tert-OH is 1. The van der Waals surface area contributed by atoms with E-state index >= 15 is 0 Å². The molecule has 1 amide bonds. The fraction of sp³-hybridized carbons (Fsp3) is 0.407. The van der Waals surface area contributed by atoms with Crippen LogP contribution in [0.5, 0.6) is 5.75 Å². The zero-order valence-electron chi connectivity index (χ0n) is 20.1. The van der Waals surface area contributed by atoms with Crippen molar-refractivity contribution >= 4 is 17.4 Å². The number of ether oxygens (including phenoxy) is 2. The molecular formula is C27H31FN2O5. The molecule has 2 aliphatic rings. The number of carbonyl (C=O) groups excluding carboxylic acids is 2. The molecule has 0 aromatic heterocycles. The van der Waals surface area contributed by atoms with Gasteiger partial charge in [-0.1, -0.05) is 18.2 Å². The predicted molar refractivity (Wildman–Crippen MR) is 130 cm³/mol. The maximum Gasteiger partial charge on any atom is 0.295 e. The Morgan fingerprint density at radius 2 is 1.89 bits per heavy atom. The van der Waals surface area contributed by atoms with Crippen LogP contribution < -0.4 is 4.74 Å². The number of amides is 1. The Labute approximate surface area is 204 Å². The molecule has 1 N–H and O–H groups in total. The highest BCUT2D eigenvalue weighted by Crippen LogP contribution is 2.41. The number of ketones is 1. The van der Waals surface area contributed by atoms with Crippen molar-refractivity contribution in [3.8, 4) is 5.75 Å². The number of likely N-dealkylation sites (tertiary alicyclic amines) is 1. The number of aryl methyl sites for hydroxylation is 1. The lowest BCUT2D eigenvalue weighted by Gasteiger charge is -2.29. The lowest BCUT2D eigenvalue weighted by Crippen LogP contribution is -2.39. The van der Waals surface area contributed by atoms with E-state index in [2.05, 4.69) is 4.90 Å². The average molecular weight is 483 g/mol. The van der Waals surface area contributed by atoms with Gasteiger partial charge in [-0.3, -0.25) is 14.5 Å². The fourth-order valence-electron chi connectivity index (χ4n) is 4.72. The van der Waals surface area contributed by atoms with Gasteiger partial charge in [-0.2, -0.15) is 0 Å². The number of hydrogen-bond acceptors (Lipinski definition) is 6. The molecule has 2 fully saturated rings. The van der Waals surface area contributed by atoms with E-state index in [0.717, 1.165) is 19.6 Å². The Balaban J connectivity index is 1.70. The van der Waals surface area contributed by atoms with Crippen LogP contribution >= 0.6 is 0 Å². The summed E-state index contributed by atoms with van der Waals surface area (Å²) in [6, 6.07) is 10.2. The van der Waals surface area contributed by atoms with Crippen molar-refractivity contribution in [1.82, 2.24) is 9.80 Å². The van der Waals surface area contributed by atoms with Crippen LogP contribution in [0, 0.1) is 12.7 Å². The molecule has 2 aliphatic heterocycles. The largest absolute Gasteiger partial charge is 0.507 e. The summed E-state index contributed by atoms with van der Waals surface area (Å²) in [5, 5.41) is 11.3. The van der Waals surface area contributed by atoms with Crippen LogP contribution in [-0.4, -0.2) is 72.6 Å². The van der Waals surface area contributed by atoms with Gasteiger partial charge in [0.15, 0.2) is 0 Å². The summed E-state index contributed by atoms with van der Waals surface area (Å²) in [7, 11) is 0. The van der Waals surface area contributed by atoms with Gasteiger partial charge in [0.1, 0.15) is 17.3 Å². The average Bonchev–Trinajstić information content (AvgIpc) is 3.10. The number of aliphatic hydroxyl groups is 1.